The van der Waals surface area contributed by atoms with Gasteiger partial charge >= 0.3 is 0 Å². The molecule has 7 heteroatoms. The Balaban J connectivity index is 1.44. The maximum atomic E-state index is 8.75. The first-order valence-corrected chi connectivity index (χ1v) is 11.4. The molecule has 168 valence electrons. The predicted octanol–water partition coefficient (Wildman–Crippen LogP) is 3.56. The highest BCUT2D eigenvalue weighted by Gasteiger charge is 2.40. The first kappa shape index (κ1) is 22.0. The zero-order chi connectivity index (χ0) is 22.0. The van der Waals surface area contributed by atoms with Crippen molar-refractivity contribution < 1.29 is 9.47 Å². The lowest BCUT2D eigenvalue weighted by molar-refractivity contribution is 0.0678. The van der Waals surface area contributed by atoms with Crippen molar-refractivity contribution >= 4 is 11.5 Å². The number of hydrogen-bond acceptors (Lipinski definition) is 7. The van der Waals surface area contributed by atoms with Crippen LogP contribution in [0.5, 0.6) is 0 Å². The Morgan fingerprint density at radius 3 is 2.84 bits per heavy atom. The van der Waals surface area contributed by atoms with Crippen LogP contribution in [-0.4, -0.2) is 71.6 Å². The van der Waals surface area contributed by atoms with Gasteiger partial charge in [-0.25, -0.2) is 9.97 Å². The van der Waals surface area contributed by atoms with Gasteiger partial charge in [0.05, 0.1) is 23.8 Å². The average Bonchev–Trinajstić information content (AvgIpc) is 3.50. The summed E-state index contributed by atoms with van der Waals surface area (Å²) < 4.78 is 11.5. The summed E-state index contributed by atoms with van der Waals surface area (Å²) in [7, 11) is 1.76. The molecule has 2 atom stereocenters. The monoisotopic (exact) mass is 425 g/mol. The van der Waals surface area contributed by atoms with E-state index in [4.69, 9.17) is 14.9 Å². The van der Waals surface area contributed by atoms with E-state index in [-0.39, 0.29) is 5.60 Å². The van der Waals surface area contributed by atoms with Gasteiger partial charge in [0.25, 0.3) is 0 Å². The van der Waals surface area contributed by atoms with Crippen molar-refractivity contribution in [1.29, 1.82) is 5.41 Å². The van der Waals surface area contributed by atoms with E-state index in [2.05, 4.69) is 46.6 Å². The van der Waals surface area contributed by atoms with E-state index in [1.54, 1.807) is 13.4 Å². The highest BCUT2D eigenvalue weighted by atomic mass is 16.5. The molecule has 31 heavy (non-hydrogen) atoms. The summed E-state index contributed by atoms with van der Waals surface area (Å²) in [6.45, 7) is 10.1. The topological polar surface area (TPSA) is 74.6 Å². The zero-order valence-electron chi connectivity index (χ0n) is 19.2. The van der Waals surface area contributed by atoms with Crippen molar-refractivity contribution in [1.82, 2.24) is 14.9 Å². The molecular formula is C24H35N5O2. The van der Waals surface area contributed by atoms with Gasteiger partial charge in [0, 0.05) is 56.9 Å². The Morgan fingerprint density at radius 2 is 2.13 bits per heavy atom. The first-order chi connectivity index (χ1) is 14.9. The van der Waals surface area contributed by atoms with E-state index >= 15 is 0 Å². The summed E-state index contributed by atoms with van der Waals surface area (Å²) in [6, 6.07) is 2.76. The van der Waals surface area contributed by atoms with Crippen LogP contribution in [0.3, 0.4) is 0 Å². The molecule has 2 fully saturated rings. The summed E-state index contributed by atoms with van der Waals surface area (Å²) >= 11 is 0. The number of piperazine rings is 1. The lowest BCUT2D eigenvalue weighted by Crippen LogP contribution is -2.56. The zero-order valence-corrected chi connectivity index (χ0v) is 19.2. The Morgan fingerprint density at radius 1 is 1.32 bits per heavy atom. The van der Waals surface area contributed by atoms with Crippen molar-refractivity contribution in [2.24, 2.45) is 0 Å². The summed E-state index contributed by atoms with van der Waals surface area (Å²) in [5.41, 5.74) is 2.00. The van der Waals surface area contributed by atoms with Crippen LogP contribution >= 0.6 is 0 Å². The smallest absolute Gasteiger partial charge is 0.132 e. The van der Waals surface area contributed by atoms with Crippen LogP contribution in [0.25, 0.3) is 0 Å². The summed E-state index contributed by atoms with van der Waals surface area (Å²) in [5, 5.41) is 8.75. The van der Waals surface area contributed by atoms with E-state index in [1.807, 2.05) is 12.1 Å². The molecule has 2 heterocycles. The number of rotatable bonds is 8. The van der Waals surface area contributed by atoms with E-state index in [9.17, 15) is 0 Å². The molecule has 4 rings (SSSR count). The number of allylic oxidation sites excluding steroid dienone is 4. The summed E-state index contributed by atoms with van der Waals surface area (Å²) in [4.78, 5) is 13.7. The van der Waals surface area contributed by atoms with Crippen molar-refractivity contribution in [2.45, 2.75) is 64.1 Å². The van der Waals surface area contributed by atoms with E-state index in [0.717, 1.165) is 69.1 Å². The molecule has 0 amide bonds. The lowest BCUT2D eigenvalue weighted by atomic mass is 9.99. The number of methoxy groups -OCH3 is 1. The van der Waals surface area contributed by atoms with E-state index in [0.29, 0.717) is 23.5 Å². The van der Waals surface area contributed by atoms with Crippen LogP contribution in [0.2, 0.25) is 0 Å². The van der Waals surface area contributed by atoms with Crippen molar-refractivity contribution in [3.8, 4) is 0 Å². The van der Waals surface area contributed by atoms with Crippen molar-refractivity contribution in [3.05, 3.63) is 41.6 Å². The minimum Gasteiger partial charge on any atom is -0.492 e. The van der Waals surface area contributed by atoms with Gasteiger partial charge < -0.3 is 14.4 Å². The second-order valence-corrected chi connectivity index (χ2v) is 9.33. The van der Waals surface area contributed by atoms with E-state index < -0.39 is 0 Å². The van der Waals surface area contributed by atoms with Gasteiger partial charge in [0.1, 0.15) is 17.7 Å². The van der Waals surface area contributed by atoms with Crippen LogP contribution in [-0.2, 0) is 9.47 Å². The Kier molecular flexibility index (Phi) is 6.44. The molecular weight excluding hydrogens is 390 g/mol. The third-order valence-corrected chi connectivity index (χ3v) is 6.58. The van der Waals surface area contributed by atoms with Crippen LogP contribution in [0.15, 0.2) is 35.9 Å². The fourth-order valence-electron chi connectivity index (χ4n) is 4.50. The van der Waals surface area contributed by atoms with Crippen LogP contribution in [0, 0.1) is 5.41 Å². The number of aromatic nitrogens is 2. The number of ether oxygens (including phenoxy) is 2. The Bertz CT molecular complexity index is 876. The molecule has 1 aliphatic heterocycles. The maximum Gasteiger partial charge on any atom is 0.132 e. The average molecular weight is 426 g/mol. The SMILES string of the molecule is COCC(C)N1CCN(c2cc(C(=N)C3=CCCC(OC4(C)CC4)=C3)ncn2)CC1C. The lowest BCUT2D eigenvalue weighted by Gasteiger charge is -2.43. The molecule has 7 nitrogen and oxygen atoms in total. The highest BCUT2D eigenvalue weighted by molar-refractivity contribution is 6.11. The highest BCUT2D eigenvalue weighted by Crippen LogP contribution is 2.42. The van der Waals surface area contributed by atoms with Crippen molar-refractivity contribution in [3.63, 3.8) is 0 Å². The molecule has 3 aliphatic rings. The molecule has 1 N–H and O–H groups in total. The molecule has 1 aromatic heterocycles. The standard InChI is InChI=1S/C24H35N5O2/c1-17-14-28(10-11-29(17)18(2)15-30-4)22-13-21(26-16-27-22)23(25)19-6-5-7-20(12-19)31-24(3)8-9-24/h6,12-13,16-18,25H,5,7-11,14-15H2,1-4H3. The second kappa shape index (κ2) is 9.09. The fourth-order valence-corrected chi connectivity index (χ4v) is 4.50. The second-order valence-electron chi connectivity index (χ2n) is 9.33. The van der Waals surface area contributed by atoms with Gasteiger partial charge in [-0.15, -0.1) is 0 Å². The minimum atomic E-state index is 0.0121. The molecule has 2 aliphatic carbocycles. The molecule has 0 spiro atoms. The number of hydrogen-bond donors (Lipinski definition) is 1. The van der Waals surface area contributed by atoms with Gasteiger partial charge in [-0.2, -0.15) is 0 Å². The normalized spacial score (nSPS) is 24.3. The van der Waals surface area contributed by atoms with Gasteiger partial charge in [0.2, 0.25) is 0 Å². The molecule has 2 unspecified atom stereocenters. The molecule has 1 aromatic rings. The first-order valence-electron chi connectivity index (χ1n) is 11.4. The van der Waals surface area contributed by atoms with Gasteiger partial charge in [-0.1, -0.05) is 6.08 Å². The summed E-state index contributed by atoms with van der Waals surface area (Å²) in [5.74, 6) is 1.88. The third-order valence-electron chi connectivity index (χ3n) is 6.58. The fraction of sp³-hybridized carbons (Fsp3) is 0.625. The van der Waals surface area contributed by atoms with Gasteiger partial charge in [-0.05, 0) is 46.1 Å². The minimum absolute atomic E-state index is 0.0121. The van der Waals surface area contributed by atoms with Crippen molar-refractivity contribution in [2.75, 3.05) is 38.3 Å². The quantitative estimate of drug-likeness (QED) is 0.642. The van der Waals surface area contributed by atoms with E-state index in [1.165, 1.54) is 0 Å². The van der Waals surface area contributed by atoms with Gasteiger partial charge in [0.15, 0.2) is 0 Å². The predicted molar refractivity (Wildman–Crippen MR) is 123 cm³/mol. The number of anilines is 1. The Labute approximate surface area is 185 Å². The maximum absolute atomic E-state index is 8.75. The molecule has 0 aromatic carbocycles. The largest absolute Gasteiger partial charge is 0.492 e. The van der Waals surface area contributed by atoms with Crippen LogP contribution < -0.4 is 4.90 Å². The van der Waals surface area contributed by atoms with Crippen LogP contribution in [0.1, 0.15) is 52.1 Å². The third kappa shape index (κ3) is 5.15. The summed E-state index contributed by atoms with van der Waals surface area (Å²) in [6.07, 6.45) is 9.76. The molecule has 1 saturated heterocycles. The number of nitrogens with zero attached hydrogens (tertiary/aromatic N) is 4. The number of nitrogens with one attached hydrogen (secondary N) is 1. The molecule has 0 bridgehead atoms. The Hall–Kier alpha value is -2.25. The van der Waals surface area contributed by atoms with Gasteiger partial charge in [-0.3, -0.25) is 10.3 Å². The van der Waals surface area contributed by atoms with Crippen LogP contribution in [0.4, 0.5) is 5.82 Å². The molecule has 1 saturated carbocycles. The molecule has 0 radical (unpaired) electrons.